The van der Waals surface area contributed by atoms with Crippen LogP contribution in [0.3, 0.4) is 0 Å². The van der Waals surface area contributed by atoms with Gasteiger partial charge in [-0.1, -0.05) is 109 Å². The van der Waals surface area contributed by atoms with Gasteiger partial charge in [0.2, 0.25) is 0 Å². The lowest BCUT2D eigenvalue weighted by atomic mass is 9.94. The number of rotatable bonds is 20. The molecule has 0 radical (unpaired) electrons. The quantitative estimate of drug-likeness (QED) is 0.0388. The highest BCUT2D eigenvalue weighted by Crippen LogP contribution is 2.36. The summed E-state index contributed by atoms with van der Waals surface area (Å²) in [7, 11) is 1.69. The van der Waals surface area contributed by atoms with Crippen molar-refractivity contribution in [3.63, 3.8) is 0 Å². The van der Waals surface area contributed by atoms with Crippen molar-refractivity contribution in [2.24, 2.45) is 0 Å². The Balaban J connectivity index is 0.000000131. The zero-order valence-electron chi connectivity index (χ0n) is 65.1. The van der Waals surface area contributed by atoms with Gasteiger partial charge in [-0.15, -0.1) is 0 Å². The lowest BCUT2D eigenvalue weighted by Crippen LogP contribution is -2.36. The first-order valence-electron chi connectivity index (χ1n) is 39.9. The predicted octanol–water partition coefficient (Wildman–Crippen LogP) is 11.9. The van der Waals surface area contributed by atoms with Crippen LogP contribution in [0.25, 0.3) is 0 Å². The number of hydrogen-bond acceptors (Lipinski definition) is 17. The molecule has 21 nitrogen and oxygen atoms in total. The number of hydrogen-bond donors (Lipinski definition) is 6. The number of benzene rings is 8. The van der Waals surface area contributed by atoms with E-state index in [-0.39, 0.29) is 58.8 Å². The van der Waals surface area contributed by atoms with Gasteiger partial charge >= 0.3 is 0 Å². The van der Waals surface area contributed by atoms with E-state index in [0.717, 1.165) is 143 Å². The maximum Gasteiger partial charge on any atom is 0.255 e. The van der Waals surface area contributed by atoms with Gasteiger partial charge in [-0.25, -0.2) is 0 Å². The molecule has 8 aromatic carbocycles. The molecule has 112 heavy (non-hydrogen) atoms. The third-order valence-electron chi connectivity index (χ3n) is 22.4. The van der Waals surface area contributed by atoms with Gasteiger partial charge in [0, 0.05) is 144 Å². The third kappa shape index (κ3) is 18.9. The van der Waals surface area contributed by atoms with Gasteiger partial charge < -0.3 is 65.7 Å². The first kappa shape index (κ1) is 78.6. The Labute approximate surface area is 656 Å². The van der Waals surface area contributed by atoms with Gasteiger partial charge in [0.15, 0.2) is 35.3 Å². The zero-order valence-corrected chi connectivity index (χ0v) is 65.1. The monoisotopic (exact) mass is 1510 g/mol. The number of carbonyl (C=O) groups is 8. The summed E-state index contributed by atoms with van der Waals surface area (Å²) >= 11 is 0. The minimum atomic E-state index is -0.502. The SMILES string of the molecule is CC1Nc2c(cccc2C(=O)NCCCN2CCCc3ccccc32)CC1=O.CC1Oc2c(cccc2C(=O)NCCCN2CCCc3ccccc32)CC1=O.CC1Oc2c(cccc2C(=O)NCCN2CCc3ccccc32)CC1=O.COc1ccc2c(c1)N(CCCNC(=O)c1cccc3c1NC(C)C(=O)C3)CCC2. The van der Waals surface area contributed by atoms with E-state index in [1.807, 2.05) is 80.6 Å². The summed E-state index contributed by atoms with van der Waals surface area (Å²) in [5.41, 5.74) is 17.9. The molecule has 4 atom stereocenters. The summed E-state index contributed by atoms with van der Waals surface area (Å²) < 4.78 is 16.8. The van der Waals surface area contributed by atoms with Crippen LogP contribution in [-0.4, -0.2) is 157 Å². The summed E-state index contributed by atoms with van der Waals surface area (Å²) in [6.45, 7) is 17.2. The predicted molar refractivity (Wildman–Crippen MR) is 440 cm³/mol. The second-order valence-electron chi connectivity index (χ2n) is 30.1. The molecule has 4 unspecified atom stereocenters. The lowest BCUT2D eigenvalue weighted by Gasteiger charge is -2.31. The highest BCUT2D eigenvalue weighted by molar-refractivity contribution is 6.05. The van der Waals surface area contributed by atoms with Gasteiger partial charge in [0.25, 0.3) is 23.6 Å². The van der Waals surface area contributed by atoms with E-state index in [0.29, 0.717) is 85.6 Å². The maximum absolute atomic E-state index is 12.8. The molecular weight excluding hydrogens is 1410 g/mol. The number of fused-ring (bicyclic) bond motifs is 8. The number of aryl methyl sites for hydroxylation is 3. The van der Waals surface area contributed by atoms with Crippen molar-refractivity contribution < 1.29 is 52.6 Å². The number of Topliss-reactive ketones (excluding diaryl/α,β-unsaturated/α-hetero) is 4. The third-order valence-corrected chi connectivity index (χ3v) is 22.4. The molecule has 0 aliphatic carbocycles. The highest BCUT2D eigenvalue weighted by Gasteiger charge is 2.32. The van der Waals surface area contributed by atoms with Crippen LogP contribution in [-0.2, 0) is 70.5 Å². The number of anilines is 6. The Morgan fingerprint density at radius 3 is 1.16 bits per heavy atom. The number of ketones is 4. The maximum atomic E-state index is 12.8. The summed E-state index contributed by atoms with van der Waals surface area (Å²) in [5, 5.41) is 18.5. The molecule has 0 bridgehead atoms. The van der Waals surface area contributed by atoms with Crippen LogP contribution in [0, 0.1) is 0 Å². The van der Waals surface area contributed by atoms with E-state index >= 15 is 0 Å². The summed E-state index contributed by atoms with van der Waals surface area (Å²) in [6, 6.07) is 53.3. The van der Waals surface area contributed by atoms with E-state index in [1.54, 1.807) is 39.2 Å². The van der Waals surface area contributed by atoms with Gasteiger partial charge in [-0.3, -0.25) is 38.4 Å². The van der Waals surface area contributed by atoms with Crippen LogP contribution in [0.1, 0.15) is 152 Å². The molecular formula is C91H104N10O11. The summed E-state index contributed by atoms with van der Waals surface area (Å²) in [4.78, 5) is 108. The Morgan fingerprint density at radius 1 is 0.375 bits per heavy atom. The van der Waals surface area contributed by atoms with Crippen molar-refractivity contribution in [1.82, 2.24) is 21.3 Å². The van der Waals surface area contributed by atoms with Gasteiger partial charge in [0.05, 0.1) is 52.8 Å². The second kappa shape index (κ2) is 37.0. The second-order valence-corrected chi connectivity index (χ2v) is 30.1. The van der Waals surface area contributed by atoms with Crippen LogP contribution in [0.2, 0.25) is 0 Å². The van der Waals surface area contributed by atoms with Crippen molar-refractivity contribution in [1.29, 1.82) is 0 Å². The van der Waals surface area contributed by atoms with Crippen LogP contribution >= 0.6 is 0 Å². The summed E-state index contributed by atoms with van der Waals surface area (Å²) in [6.07, 6.45) is 11.0. The van der Waals surface area contributed by atoms with Gasteiger partial charge in [-0.05, 0) is 174 Å². The Kier molecular flexibility index (Phi) is 26.0. The topological polar surface area (TPSA) is 249 Å². The smallest absolute Gasteiger partial charge is 0.255 e. The first-order chi connectivity index (χ1) is 54.5. The highest BCUT2D eigenvalue weighted by atomic mass is 16.5. The molecule has 0 fully saturated rings. The van der Waals surface area contributed by atoms with E-state index in [1.165, 1.54) is 57.8 Å². The molecule has 584 valence electrons. The number of nitrogens with zero attached hydrogens (tertiary/aromatic N) is 4. The molecule has 0 saturated carbocycles. The fourth-order valence-corrected chi connectivity index (χ4v) is 16.1. The average molecular weight is 1510 g/mol. The van der Waals surface area contributed by atoms with E-state index in [4.69, 9.17) is 14.2 Å². The fraction of sp³-hybridized carbons (Fsp3) is 0.385. The number of para-hydroxylation sites is 7. The normalized spacial score (nSPS) is 18.0. The van der Waals surface area contributed by atoms with E-state index in [2.05, 4.69) is 130 Å². The molecule has 0 aromatic heterocycles. The van der Waals surface area contributed by atoms with Crippen molar-refractivity contribution >= 4 is 80.9 Å². The molecule has 21 heteroatoms. The van der Waals surface area contributed by atoms with Gasteiger partial charge in [0.1, 0.15) is 17.2 Å². The zero-order chi connectivity index (χ0) is 78.2. The molecule has 8 aromatic rings. The molecule has 0 saturated heterocycles. The van der Waals surface area contributed by atoms with Crippen LogP contribution in [0.4, 0.5) is 34.1 Å². The van der Waals surface area contributed by atoms with Crippen molar-refractivity contribution in [2.75, 3.05) is 116 Å². The minimum absolute atomic E-state index is 0.0442. The van der Waals surface area contributed by atoms with Crippen molar-refractivity contribution in [3.8, 4) is 17.2 Å². The molecule has 8 aliphatic heterocycles. The van der Waals surface area contributed by atoms with Crippen molar-refractivity contribution in [2.45, 2.75) is 142 Å². The molecule has 8 heterocycles. The fourth-order valence-electron chi connectivity index (χ4n) is 16.1. The van der Waals surface area contributed by atoms with Crippen molar-refractivity contribution in [3.05, 3.63) is 231 Å². The number of carbonyl (C=O) groups excluding carboxylic acids is 8. The van der Waals surface area contributed by atoms with Gasteiger partial charge in [-0.2, -0.15) is 0 Å². The molecule has 0 spiro atoms. The number of methoxy groups -OCH3 is 1. The number of ether oxygens (including phenoxy) is 3. The molecule has 6 N–H and O–H groups in total. The summed E-state index contributed by atoms with van der Waals surface area (Å²) in [5.74, 6) is 1.91. The lowest BCUT2D eigenvalue weighted by molar-refractivity contribution is -0.126. The Hall–Kier alpha value is -11.5. The minimum Gasteiger partial charge on any atom is -0.497 e. The van der Waals surface area contributed by atoms with Crippen LogP contribution in [0.15, 0.2) is 164 Å². The van der Waals surface area contributed by atoms with E-state index in [9.17, 15) is 38.4 Å². The first-order valence-corrected chi connectivity index (χ1v) is 39.9. The number of amides is 4. The van der Waals surface area contributed by atoms with Crippen LogP contribution < -0.4 is 65.7 Å². The Morgan fingerprint density at radius 2 is 0.723 bits per heavy atom. The number of nitrogens with one attached hydrogen (secondary N) is 6. The molecule has 16 rings (SSSR count). The van der Waals surface area contributed by atoms with Crippen LogP contribution in [0.5, 0.6) is 17.2 Å². The average Bonchev–Trinajstić information content (AvgIpc) is 1.01. The molecule has 8 aliphatic rings. The molecule has 4 amide bonds. The Bertz CT molecular complexity index is 4640. The largest absolute Gasteiger partial charge is 0.497 e. The van der Waals surface area contributed by atoms with E-state index < -0.39 is 12.2 Å². The standard InChI is InChI=1S/C24H29N3O3.C23H27N3O2.C23H26N2O3.C21H22N2O3/c1-16-22(28)14-18-6-3-8-20(23(18)26-16)24(29)25-11-5-13-27-12-4-7-17-9-10-19(30-2)15-21(17)27;1-16-21(27)15-18-8-4-10-19(22(18)25-16)23(28)24-12-6-14-26-13-5-9-17-7-2-3-11-20(17)26;1-16-21(26)15-18-8-4-10-19(22(18)28-16)23(27)24-12-6-14-25-13-5-9-17-7-2-3-11-20(17)25;1-14-19(24)13-16-6-4-7-17(20(16)26-14)21(25)22-10-12-23-11-9-15-5-2-3-8-18(15)23/h3,6,8-10,15-16,26H,4-5,7,11-14H2,1-2H3,(H,25,29);2-4,7-8,10-11,16,25H,5-6,9,12-15H2,1H3,(H,24,28);2-4,7-8,10-11,16H,5-6,9,12-15H2,1H3,(H,24,27);2-8,14H,9-13H2,1H3,(H,22,25).